The Morgan fingerprint density at radius 1 is 0.539 bits per heavy atom. The maximum absolute atomic E-state index is 15.7. The van der Waals surface area contributed by atoms with Crippen LogP contribution in [-0.2, 0) is 57.0 Å². The monoisotopic (exact) mass is 1280 g/mol. The zero-order valence-corrected chi connectivity index (χ0v) is 50.7. The number of carboxylic acid groups (broad SMARTS) is 1. The standard InChI is InChI=1S/C59H94O30/c1-54(2)13-14-59(23(15-54)22-7-8-29-55(3)11-10-32(87-49-41(72)33(64)24(62)19-80-49)58(6,52(77)78)30(55)9-12-56(29,4)57(22,5)16-31(59)63)53(79)89-51-45(76)46(88-50-44(75)39(70)35(66)26(18-61)84-50)37(68)28(86-51)21-82-48-43(74)40(71)36(67)27(85-48)20-81-47-42(73)38(69)34(65)25(17-60)83-47/h7,23-51,60-76H,8-21H2,1-6H3,(H,77,78)/t23-,24+,25+,26+,27+,28+,29+,30+,31+,32-,33-,34-,35+,36+,37+,38-,39-,40-,41+,42+,43+,44+,45+,46-,47-,48+,49-,50-,51-,55+,56+,57+,58-,59+/m0/s1. The topological polar surface area (TPSA) is 491 Å². The lowest BCUT2D eigenvalue weighted by Gasteiger charge is -2.71. The summed E-state index contributed by atoms with van der Waals surface area (Å²) in [5.41, 5.74) is -4.78. The smallest absolute Gasteiger partial charge is 0.317 e. The molecule has 0 amide bonds. The molecular weight excluding hydrogens is 1190 g/mol. The van der Waals surface area contributed by atoms with Gasteiger partial charge in [-0.2, -0.15) is 0 Å². The van der Waals surface area contributed by atoms with Gasteiger partial charge in [0.05, 0.1) is 50.7 Å². The zero-order chi connectivity index (χ0) is 65.2. The van der Waals surface area contributed by atoms with E-state index >= 15 is 4.79 Å². The second-order valence-corrected chi connectivity index (χ2v) is 28.6. The summed E-state index contributed by atoms with van der Waals surface area (Å²) in [6, 6.07) is 0. The molecule has 30 heteroatoms. The van der Waals surface area contributed by atoms with Crippen LogP contribution in [0.4, 0.5) is 0 Å². The first-order valence-corrected chi connectivity index (χ1v) is 31.0. The SMILES string of the molecule is CC1(C)CC[C@]2(C(=O)O[C@@H]3O[C@H](CO[C@@H]4O[C@H](CO[C@H]5O[C@H](CO)[C@H](O)[C@H](O)[C@H]5O)[C@@H](O)[C@H](O)[C@H]4O)[C@@H](O)[C@H](O[C@@H]4O[C@H](CO)[C@@H](O)[C@H](O)[C@H]4O)[C@H]3O)[C@H](O)C[C@]3(C)C(=CC[C@@H]4[C@@]5(C)CC[C@H](O[C@@H]6OC[C@@H](O)[C@H](O)[C@H]6O)[C@@](C)(C(=O)O)[C@@H]5CC[C@]43C)[C@@H]2C1. The van der Waals surface area contributed by atoms with Gasteiger partial charge in [0.15, 0.2) is 25.2 Å². The van der Waals surface area contributed by atoms with Crippen LogP contribution in [0.5, 0.6) is 0 Å². The Morgan fingerprint density at radius 2 is 1.07 bits per heavy atom. The van der Waals surface area contributed by atoms with Gasteiger partial charge in [0.25, 0.3) is 0 Å². The number of ether oxygens (including phenoxy) is 10. The van der Waals surface area contributed by atoms with E-state index in [1.807, 2.05) is 0 Å². The molecule has 5 aliphatic heterocycles. The van der Waals surface area contributed by atoms with Gasteiger partial charge in [-0.1, -0.05) is 46.3 Å². The Balaban J connectivity index is 0.915. The number of aliphatic hydroxyl groups excluding tert-OH is 17. The molecule has 5 saturated heterocycles. The second kappa shape index (κ2) is 25.7. The van der Waals surface area contributed by atoms with E-state index in [0.29, 0.717) is 38.5 Å². The fourth-order valence-corrected chi connectivity index (χ4v) is 17.6. The molecule has 0 spiro atoms. The molecule has 10 rings (SSSR count). The summed E-state index contributed by atoms with van der Waals surface area (Å²) in [4.78, 5) is 29.4. The van der Waals surface area contributed by atoms with Crippen molar-refractivity contribution in [2.24, 2.45) is 50.2 Å². The number of hydrogen-bond donors (Lipinski definition) is 18. The number of carbonyl (C=O) groups excluding carboxylic acids is 1. The van der Waals surface area contributed by atoms with Crippen LogP contribution in [0.15, 0.2) is 11.6 Å². The van der Waals surface area contributed by atoms with Crippen LogP contribution in [-0.4, -0.2) is 297 Å². The molecule has 510 valence electrons. The van der Waals surface area contributed by atoms with Crippen LogP contribution in [0, 0.1) is 50.2 Å². The molecule has 18 N–H and O–H groups in total. The number of carbonyl (C=O) groups is 2. The Kier molecular flexibility index (Phi) is 20.0. The van der Waals surface area contributed by atoms with E-state index in [1.165, 1.54) is 0 Å². The van der Waals surface area contributed by atoms with Crippen LogP contribution in [0.1, 0.15) is 99.3 Å². The number of aliphatic carboxylic acids is 1. The Labute approximate surface area is 513 Å². The third-order valence-corrected chi connectivity index (χ3v) is 23.3. The molecule has 0 unspecified atom stereocenters. The number of rotatable bonds is 15. The average Bonchev–Trinajstić information content (AvgIpc) is 0.673. The first-order valence-electron chi connectivity index (χ1n) is 31.0. The van der Waals surface area contributed by atoms with Crippen LogP contribution in [0.2, 0.25) is 0 Å². The van der Waals surface area contributed by atoms with Crippen LogP contribution < -0.4 is 0 Å². The Hall–Kier alpha value is -2.36. The molecule has 89 heavy (non-hydrogen) atoms. The predicted octanol–water partition coefficient (Wildman–Crippen LogP) is -5.54. The number of fused-ring (bicyclic) bond motifs is 7. The van der Waals surface area contributed by atoms with Gasteiger partial charge in [0.1, 0.15) is 121 Å². The molecular formula is C59H94O30. The maximum Gasteiger partial charge on any atom is 0.317 e. The van der Waals surface area contributed by atoms with Crippen molar-refractivity contribution in [3.63, 3.8) is 0 Å². The lowest BCUT2D eigenvalue weighted by atomic mass is 9.33. The minimum atomic E-state index is -2.18. The highest BCUT2D eigenvalue weighted by Crippen LogP contribution is 2.76. The van der Waals surface area contributed by atoms with E-state index in [9.17, 15) is 96.7 Å². The third kappa shape index (κ3) is 11.6. The van der Waals surface area contributed by atoms with Gasteiger partial charge in [0, 0.05) is 0 Å². The second-order valence-electron chi connectivity index (χ2n) is 28.6. The maximum atomic E-state index is 15.7. The van der Waals surface area contributed by atoms with Crippen LogP contribution in [0.3, 0.4) is 0 Å². The summed E-state index contributed by atoms with van der Waals surface area (Å²) in [5.74, 6) is -3.44. The molecule has 0 aromatic carbocycles. The van der Waals surface area contributed by atoms with Gasteiger partial charge in [-0.15, -0.1) is 0 Å². The van der Waals surface area contributed by atoms with Crippen molar-refractivity contribution in [2.45, 2.75) is 259 Å². The first-order chi connectivity index (χ1) is 41.7. The Bertz CT molecular complexity index is 2530. The van der Waals surface area contributed by atoms with Gasteiger partial charge < -0.3 is 139 Å². The van der Waals surface area contributed by atoms with Crippen molar-refractivity contribution in [1.29, 1.82) is 0 Å². The molecule has 5 aliphatic carbocycles. The van der Waals surface area contributed by atoms with Gasteiger partial charge in [-0.05, 0) is 104 Å². The summed E-state index contributed by atoms with van der Waals surface area (Å²) in [6.45, 7) is 8.51. The first kappa shape index (κ1) is 69.5. The van der Waals surface area contributed by atoms with E-state index < -0.39 is 242 Å². The summed E-state index contributed by atoms with van der Waals surface area (Å²) in [7, 11) is 0. The highest BCUT2D eigenvalue weighted by Gasteiger charge is 2.73. The summed E-state index contributed by atoms with van der Waals surface area (Å²) in [6.07, 6.45) is -40.7. The summed E-state index contributed by atoms with van der Waals surface area (Å²) >= 11 is 0. The third-order valence-electron chi connectivity index (χ3n) is 23.3. The van der Waals surface area contributed by atoms with Crippen molar-refractivity contribution in [1.82, 2.24) is 0 Å². The molecule has 30 nitrogen and oxygen atoms in total. The van der Waals surface area contributed by atoms with Gasteiger partial charge in [-0.25, -0.2) is 0 Å². The summed E-state index contributed by atoms with van der Waals surface area (Å²) in [5, 5.41) is 196. The van der Waals surface area contributed by atoms with Crippen molar-refractivity contribution in [3.05, 3.63) is 11.6 Å². The van der Waals surface area contributed by atoms with Crippen molar-refractivity contribution in [3.8, 4) is 0 Å². The zero-order valence-electron chi connectivity index (χ0n) is 50.7. The van der Waals surface area contributed by atoms with E-state index in [0.717, 1.165) is 5.57 Å². The van der Waals surface area contributed by atoms with E-state index in [4.69, 9.17) is 47.4 Å². The van der Waals surface area contributed by atoms with E-state index in [-0.39, 0.29) is 31.8 Å². The number of allylic oxidation sites excluding steroid dienone is 2. The highest BCUT2D eigenvalue weighted by molar-refractivity contribution is 5.80. The number of esters is 1. The minimum absolute atomic E-state index is 0.0382. The van der Waals surface area contributed by atoms with Gasteiger partial charge in [-0.3, -0.25) is 9.59 Å². The molecule has 9 fully saturated rings. The average molecular weight is 1280 g/mol. The normalized spacial score (nSPS) is 54.1. The van der Waals surface area contributed by atoms with Crippen molar-refractivity contribution >= 4 is 11.9 Å². The molecule has 5 heterocycles. The van der Waals surface area contributed by atoms with E-state index in [2.05, 4.69) is 40.7 Å². The molecule has 0 aromatic rings. The predicted molar refractivity (Wildman–Crippen MR) is 293 cm³/mol. The molecule has 0 aromatic heterocycles. The van der Waals surface area contributed by atoms with Crippen molar-refractivity contribution < 1.29 is 149 Å². The molecule has 0 radical (unpaired) electrons. The lowest BCUT2D eigenvalue weighted by molar-refractivity contribution is -0.365. The molecule has 10 aliphatic rings. The molecule has 34 atom stereocenters. The number of hydrogen-bond acceptors (Lipinski definition) is 29. The number of carboxylic acids is 1. The molecule has 4 saturated carbocycles. The highest BCUT2D eigenvalue weighted by atomic mass is 16.8. The van der Waals surface area contributed by atoms with Crippen LogP contribution in [0.25, 0.3) is 0 Å². The van der Waals surface area contributed by atoms with E-state index in [1.54, 1.807) is 6.92 Å². The quantitative estimate of drug-likeness (QED) is 0.0413. The van der Waals surface area contributed by atoms with Crippen LogP contribution >= 0.6 is 0 Å². The van der Waals surface area contributed by atoms with Gasteiger partial charge >= 0.3 is 11.9 Å². The van der Waals surface area contributed by atoms with Gasteiger partial charge in [0.2, 0.25) is 6.29 Å². The lowest BCUT2D eigenvalue weighted by Crippen LogP contribution is -2.69. The summed E-state index contributed by atoms with van der Waals surface area (Å²) < 4.78 is 58.3. The fourth-order valence-electron chi connectivity index (χ4n) is 17.6. The Morgan fingerprint density at radius 3 is 1.65 bits per heavy atom. The fraction of sp³-hybridized carbons (Fsp3) is 0.932. The molecule has 0 bridgehead atoms. The van der Waals surface area contributed by atoms with Crippen molar-refractivity contribution in [2.75, 3.05) is 33.0 Å². The number of aliphatic hydroxyl groups is 17. The largest absolute Gasteiger partial charge is 0.481 e. The minimum Gasteiger partial charge on any atom is -0.481 e.